The zero-order valence-electron chi connectivity index (χ0n) is 11.3. The number of unbranched alkanes of at least 4 members (excludes halogenated alkanes) is 4. The third kappa shape index (κ3) is 4.45. The molecule has 1 fully saturated rings. The van der Waals surface area contributed by atoms with Gasteiger partial charge in [-0.3, -0.25) is 0 Å². The summed E-state index contributed by atoms with van der Waals surface area (Å²) in [5.74, 6) is 0. The first-order valence-corrected chi connectivity index (χ1v) is 7.37. The minimum absolute atomic E-state index is 0.0468. The number of hydrogen-bond donors (Lipinski definition) is 1. The molecule has 0 heterocycles. The quantitative estimate of drug-likeness (QED) is 0.625. The molecule has 16 heavy (non-hydrogen) atoms. The molecule has 0 spiro atoms. The molecule has 1 N–H and O–H groups in total. The van der Waals surface area contributed by atoms with Crippen molar-refractivity contribution in [2.75, 3.05) is 0 Å². The van der Waals surface area contributed by atoms with E-state index in [0.717, 1.165) is 6.42 Å². The van der Waals surface area contributed by atoms with Crippen LogP contribution < -0.4 is 0 Å². The van der Waals surface area contributed by atoms with Crippen molar-refractivity contribution in [1.29, 1.82) is 0 Å². The van der Waals surface area contributed by atoms with Crippen LogP contribution in [0.5, 0.6) is 0 Å². The highest BCUT2D eigenvalue weighted by molar-refractivity contribution is 4.85. The molecule has 0 aromatic heterocycles. The van der Waals surface area contributed by atoms with E-state index in [1.54, 1.807) is 0 Å². The van der Waals surface area contributed by atoms with E-state index in [2.05, 4.69) is 13.8 Å². The standard InChI is InChI=1S/C15H30O/c1-3-4-5-6-8-11-14(16)15(2)12-9-7-10-13-15/h14,16H,3-13H2,1-2H3. The highest BCUT2D eigenvalue weighted by Gasteiger charge is 2.33. The second-order valence-corrected chi connectivity index (χ2v) is 5.93. The predicted molar refractivity (Wildman–Crippen MR) is 70.6 cm³/mol. The molecule has 1 rings (SSSR count). The van der Waals surface area contributed by atoms with Crippen molar-refractivity contribution in [3.63, 3.8) is 0 Å². The van der Waals surface area contributed by atoms with Crippen molar-refractivity contribution >= 4 is 0 Å². The fourth-order valence-corrected chi connectivity index (χ4v) is 2.98. The highest BCUT2D eigenvalue weighted by atomic mass is 16.3. The highest BCUT2D eigenvalue weighted by Crippen LogP contribution is 2.40. The van der Waals surface area contributed by atoms with E-state index in [4.69, 9.17) is 0 Å². The fourth-order valence-electron chi connectivity index (χ4n) is 2.98. The number of hydrogen-bond acceptors (Lipinski definition) is 1. The third-order valence-electron chi connectivity index (χ3n) is 4.38. The molecule has 96 valence electrons. The monoisotopic (exact) mass is 226 g/mol. The van der Waals surface area contributed by atoms with Gasteiger partial charge in [0.1, 0.15) is 0 Å². The van der Waals surface area contributed by atoms with Gasteiger partial charge in [0.25, 0.3) is 0 Å². The summed E-state index contributed by atoms with van der Waals surface area (Å²) in [6, 6.07) is 0. The Morgan fingerprint density at radius 1 is 1.00 bits per heavy atom. The molecule has 0 radical (unpaired) electrons. The molecule has 1 unspecified atom stereocenters. The van der Waals surface area contributed by atoms with Crippen LogP contribution in [0.4, 0.5) is 0 Å². The van der Waals surface area contributed by atoms with Gasteiger partial charge >= 0.3 is 0 Å². The Hall–Kier alpha value is -0.0400. The smallest absolute Gasteiger partial charge is 0.0593 e. The van der Waals surface area contributed by atoms with E-state index in [9.17, 15) is 5.11 Å². The first-order chi connectivity index (χ1) is 7.69. The Balaban J connectivity index is 2.15. The maximum absolute atomic E-state index is 10.3. The van der Waals surface area contributed by atoms with Crippen LogP contribution in [-0.4, -0.2) is 11.2 Å². The van der Waals surface area contributed by atoms with Gasteiger partial charge in [0.2, 0.25) is 0 Å². The Morgan fingerprint density at radius 3 is 2.25 bits per heavy atom. The molecule has 1 aliphatic rings. The van der Waals surface area contributed by atoms with E-state index < -0.39 is 0 Å². The molecule has 0 aromatic carbocycles. The summed E-state index contributed by atoms with van der Waals surface area (Å²) in [5.41, 5.74) is 0.239. The number of rotatable bonds is 7. The normalized spacial score (nSPS) is 21.9. The van der Waals surface area contributed by atoms with Crippen molar-refractivity contribution in [2.24, 2.45) is 5.41 Å². The lowest BCUT2D eigenvalue weighted by molar-refractivity contribution is 0.00267. The molecule has 0 aromatic rings. The molecule has 1 atom stereocenters. The second-order valence-electron chi connectivity index (χ2n) is 5.93. The van der Waals surface area contributed by atoms with E-state index >= 15 is 0 Å². The van der Waals surface area contributed by atoms with Crippen LogP contribution in [0.3, 0.4) is 0 Å². The maximum atomic E-state index is 10.3. The van der Waals surface area contributed by atoms with Crippen molar-refractivity contribution < 1.29 is 5.11 Å². The van der Waals surface area contributed by atoms with E-state index in [1.165, 1.54) is 64.2 Å². The van der Waals surface area contributed by atoms with Crippen LogP contribution in [-0.2, 0) is 0 Å². The van der Waals surface area contributed by atoms with Gasteiger partial charge in [0.05, 0.1) is 6.10 Å². The summed E-state index contributed by atoms with van der Waals surface area (Å²) in [6.07, 6.45) is 14.0. The van der Waals surface area contributed by atoms with Gasteiger partial charge in [-0.25, -0.2) is 0 Å². The van der Waals surface area contributed by atoms with Crippen molar-refractivity contribution in [1.82, 2.24) is 0 Å². The summed E-state index contributed by atoms with van der Waals surface area (Å²) in [6.45, 7) is 4.54. The first-order valence-electron chi connectivity index (χ1n) is 7.37. The van der Waals surface area contributed by atoms with Gasteiger partial charge in [-0.05, 0) is 24.7 Å². The molecular weight excluding hydrogens is 196 g/mol. The molecule has 0 saturated heterocycles. The summed E-state index contributed by atoms with van der Waals surface area (Å²) < 4.78 is 0. The van der Waals surface area contributed by atoms with Gasteiger partial charge < -0.3 is 5.11 Å². The van der Waals surface area contributed by atoms with E-state index in [-0.39, 0.29) is 11.5 Å². The lowest BCUT2D eigenvalue weighted by atomic mass is 9.70. The van der Waals surface area contributed by atoms with Gasteiger partial charge in [-0.2, -0.15) is 0 Å². The molecule has 0 amide bonds. The van der Waals surface area contributed by atoms with Crippen molar-refractivity contribution in [2.45, 2.75) is 90.6 Å². The molecule has 1 saturated carbocycles. The van der Waals surface area contributed by atoms with Crippen molar-refractivity contribution in [3.8, 4) is 0 Å². The van der Waals surface area contributed by atoms with Crippen LogP contribution >= 0.6 is 0 Å². The van der Waals surface area contributed by atoms with Crippen LogP contribution in [0.2, 0.25) is 0 Å². The van der Waals surface area contributed by atoms with Gasteiger partial charge in [-0.1, -0.05) is 65.2 Å². The van der Waals surface area contributed by atoms with E-state index in [1.807, 2.05) is 0 Å². The third-order valence-corrected chi connectivity index (χ3v) is 4.38. The Kier molecular flexibility index (Phi) is 6.41. The van der Waals surface area contributed by atoms with Gasteiger partial charge in [0, 0.05) is 0 Å². The largest absolute Gasteiger partial charge is 0.393 e. The lowest BCUT2D eigenvalue weighted by Gasteiger charge is -2.38. The SMILES string of the molecule is CCCCCCCC(O)C1(C)CCCCC1. The first kappa shape index (κ1) is 14.0. The number of aliphatic hydroxyl groups excluding tert-OH is 1. The van der Waals surface area contributed by atoms with Gasteiger partial charge in [0.15, 0.2) is 0 Å². The van der Waals surface area contributed by atoms with Crippen LogP contribution in [0.15, 0.2) is 0 Å². The Bertz CT molecular complexity index is 170. The lowest BCUT2D eigenvalue weighted by Crippen LogP contribution is -2.34. The topological polar surface area (TPSA) is 20.2 Å². The zero-order valence-corrected chi connectivity index (χ0v) is 11.3. The van der Waals surface area contributed by atoms with Crippen LogP contribution in [0, 0.1) is 5.41 Å². The number of aliphatic hydroxyl groups is 1. The Morgan fingerprint density at radius 2 is 1.62 bits per heavy atom. The minimum Gasteiger partial charge on any atom is -0.393 e. The molecule has 1 heteroatoms. The average molecular weight is 226 g/mol. The maximum Gasteiger partial charge on any atom is 0.0593 e. The summed E-state index contributed by atoms with van der Waals surface area (Å²) in [4.78, 5) is 0. The van der Waals surface area contributed by atoms with E-state index in [0.29, 0.717) is 0 Å². The summed E-state index contributed by atoms with van der Waals surface area (Å²) >= 11 is 0. The molecule has 1 aliphatic carbocycles. The summed E-state index contributed by atoms with van der Waals surface area (Å²) in [7, 11) is 0. The van der Waals surface area contributed by atoms with Gasteiger partial charge in [-0.15, -0.1) is 0 Å². The average Bonchev–Trinajstić information content (AvgIpc) is 2.29. The second kappa shape index (κ2) is 7.32. The zero-order chi connectivity index (χ0) is 11.9. The minimum atomic E-state index is -0.0468. The summed E-state index contributed by atoms with van der Waals surface area (Å²) in [5, 5.41) is 10.3. The fraction of sp³-hybridized carbons (Fsp3) is 1.00. The Labute approximate surface area is 102 Å². The predicted octanol–water partition coefficient (Wildman–Crippen LogP) is 4.68. The molecule has 0 bridgehead atoms. The molecule has 1 nitrogen and oxygen atoms in total. The molecular formula is C15H30O. The van der Waals surface area contributed by atoms with Crippen LogP contribution in [0.25, 0.3) is 0 Å². The molecule has 0 aliphatic heterocycles. The van der Waals surface area contributed by atoms with Crippen molar-refractivity contribution in [3.05, 3.63) is 0 Å². The van der Waals surface area contributed by atoms with Crippen LogP contribution in [0.1, 0.15) is 84.5 Å².